The summed E-state index contributed by atoms with van der Waals surface area (Å²) in [6.07, 6.45) is -2.64. The summed E-state index contributed by atoms with van der Waals surface area (Å²) in [4.78, 5) is 0. The third kappa shape index (κ3) is 3.31. The molecule has 0 saturated heterocycles. The third-order valence-electron chi connectivity index (χ3n) is 4.07. The molecule has 1 aliphatic carbocycles. The number of nitrogens with zero attached hydrogens (tertiary/aromatic N) is 3. The molecule has 2 aromatic rings. The molecule has 1 saturated carbocycles. The predicted octanol–water partition coefficient (Wildman–Crippen LogP) is 2.62. The molecular formula is C15H17F3N4O. The molecule has 1 aliphatic rings. The smallest absolute Gasteiger partial charge is 0.416 e. The molecule has 0 radical (unpaired) electrons. The summed E-state index contributed by atoms with van der Waals surface area (Å²) in [7, 11) is 1.82. The highest BCUT2D eigenvalue weighted by atomic mass is 19.4. The lowest BCUT2D eigenvalue weighted by molar-refractivity contribution is -0.137. The normalized spacial score (nSPS) is 21.1. The number of hydrogen-bond donors (Lipinski definition) is 1. The molecular weight excluding hydrogens is 309 g/mol. The van der Waals surface area contributed by atoms with Gasteiger partial charge in [-0.3, -0.25) is 0 Å². The number of ether oxygens (including phenoxy) is 1. The van der Waals surface area contributed by atoms with Crippen LogP contribution in [0.3, 0.4) is 0 Å². The Morgan fingerprint density at radius 2 is 2.04 bits per heavy atom. The van der Waals surface area contributed by atoms with Gasteiger partial charge in [-0.15, -0.1) is 10.2 Å². The van der Waals surface area contributed by atoms with Crippen molar-refractivity contribution in [3.8, 4) is 5.75 Å². The first kappa shape index (κ1) is 15.8. The summed E-state index contributed by atoms with van der Waals surface area (Å²) < 4.78 is 45.3. The lowest BCUT2D eigenvalue weighted by Gasteiger charge is -2.31. The van der Waals surface area contributed by atoms with Crippen molar-refractivity contribution in [2.45, 2.75) is 37.6 Å². The summed E-state index contributed by atoms with van der Waals surface area (Å²) in [5.74, 6) is 1.85. The van der Waals surface area contributed by atoms with Crippen LogP contribution >= 0.6 is 0 Å². The monoisotopic (exact) mass is 326 g/mol. The van der Waals surface area contributed by atoms with Gasteiger partial charge in [0.15, 0.2) is 5.82 Å². The molecule has 0 bridgehead atoms. The summed E-state index contributed by atoms with van der Waals surface area (Å²) in [5, 5.41) is 8.19. The average molecular weight is 326 g/mol. The van der Waals surface area contributed by atoms with Gasteiger partial charge in [0.25, 0.3) is 0 Å². The van der Waals surface area contributed by atoms with E-state index in [0.29, 0.717) is 11.7 Å². The molecule has 124 valence electrons. The Balaban J connectivity index is 1.67. The number of halogens is 3. The fourth-order valence-electron chi connectivity index (χ4n) is 2.64. The van der Waals surface area contributed by atoms with Crippen LogP contribution in [0.1, 0.15) is 36.0 Å². The molecule has 2 N–H and O–H groups in total. The van der Waals surface area contributed by atoms with Gasteiger partial charge in [0, 0.05) is 19.0 Å². The average Bonchev–Trinajstić information content (AvgIpc) is 2.82. The van der Waals surface area contributed by atoms with Crippen LogP contribution < -0.4 is 10.5 Å². The first-order chi connectivity index (χ1) is 10.8. The molecule has 8 heteroatoms. The largest absolute Gasteiger partial charge is 0.486 e. The van der Waals surface area contributed by atoms with E-state index in [9.17, 15) is 13.2 Å². The van der Waals surface area contributed by atoms with Crippen LogP contribution in [0.15, 0.2) is 24.3 Å². The second-order valence-corrected chi connectivity index (χ2v) is 5.78. The molecule has 1 aromatic heterocycles. The van der Waals surface area contributed by atoms with Crippen LogP contribution in [0.25, 0.3) is 0 Å². The molecule has 1 fully saturated rings. The highest BCUT2D eigenvalue weighted by Gasteiger charge is 2.32. The maximum Gasteiger partial charge on any atom is 0.416 e. The maximum atomic E-state index is 12.7. The van der Waals surface area contributed by atoms with Crippen LogP contribution in [-0.2, 0) is 19.8 Å². The van der Waals surface area contributed by atoms with E-state index in [1.807, 2.05) is 11.6 Å². The minimum Gasteiger partial charge on any atom is -0.486 e. The fourth-order valence-corrected chi connectivity index (χ4v) is 2.64. The van der Waals surface area contributed by atoms with E-state index in [1.54, 1.807) is 0 Å². The van der Waals surface area contributed by atoms with Gasteiger partial charge in [0.2, 0.25) is 0 Å². The molecule has 3 rings (SSSR count). The quantitative estimate of drug-likeness (QED) is 0.938. The lowest BCUT2D eigenvalue weighted by Crippen LogP contribution is -2.36. The zero-order chi connectivity index (χ0) is 16.6. The zero-order valence-corrected chi connectivity index (χ0v) is 12.5. The predicted molar refractivity (Wildman–Crippen MR) is 76.7 cm³/mol. The number of benzene rings is 1. The first-order valence-electron chi connectivity index (χ1n) is 7.28. The number of nitrogens with two attached hydrogens (primary N) is 1. The minimum absolute atomic E-state index is 0.0591. The SMILES string of the molecule is Cn1c(COc2cccc(C(F)(F)F)c2)nnc1C1CC(N)C1. The van der Waals surface area contributed by atoms with Crippen LogP contribution in [0.5, 0.6) is 5.75 Å². The number of hydrogen-bond acceptors (Lipinski definition) is 4. The van der Waals surface area contributed by atoms with Gasteiger partial charge in [-0.2, -0.15) is 13.2 Å². The molecule has 0 unspecified atom stereocenters. The summed E-state index contributed by atoms with van der Waals surface area (Å²) in [5.41, 5.74) is 5.03. The number of rotatable bonds is 4. The first-order valence-corrected chi connectivity index (χ1v) is 7.28. The Labute approximate surface area is 131 Å². The zero-order valence-electron chi connectivity index (χ0n) is 12.5. The topological polar surface area (TPSA) is 66.0 Å². The number of alkyl halides is 3. The van der Waals surface area contributed by atoms with Crippen molar-refractivity contribution >= 4 is 0 Å². The molecule has 0 atom stereocenters. The fraction of sp³-hybridized carbons (Fsp3) is 0.467. The van der Waals surface area contributed by atoms with Crippen LogP contribution in [0.4, 0.5) is 13.2 Å². The molecule has 0 amide bonds. The Hall–Kier alpha value is -2.09. The van der Waals surface area contributed by atoms with Crippen molar-refractivity contribution in [2.24, 2.45) is 12.8 Å². The van der Waals surface area contributed by atoms with Gasteiger partial charge in [-0.25, -0.2) is 0 Å². The summed E-state index contributed by atoms with van der Waals surface area (Å²) in [6.45, 7) is 0.0591. The van der Waals surface area contributed by atoms with E-state index in [4.69, 9.17) is 10.5 Å². The van der Waals surface area contributed by atoms with Crippen LogP contribution in [0.2, 0.25) is 0 Å². The lowest BCUT2D eigenvalue weighted by atomic mass is 9.80. The van der Waals surface area contributed by atoms with E-state index in [1.165, 1.54) is 12.1 Å². The summed E-state index contributed by atoms with van der Waals surface area (Å²) >= 11 is 0. The van der Waals surface area contributed by atoms with Crippen molar-refractivity contribution in [3.63, 3.8) is 0 Å². The van der Waals surface area contributed by atoms with Crippen molar-refractivity contribution in [1.29, 1.82) is 0 Å². The van der Waals surface area contributed by atoms with Crippen LogP contribution in [0, 0.1) is 0 Å². The van der Waals surface area contributed by atoms with E-state index in [0.717, 1.165) is 30.8 Å². The molecule has 0 spiro atoms. The minimum atomic E-state index is -4.39. The highest BCUT2D eigenvalue weighted by molar-refractivity contribution is 5.30. The van der Waals surface area contributed by atoms with Gasteiger partial charge >= 0.3 is 6.18 Å². The van der Waals surface area contributed by atoms with E-state index < -0.39 is 11.7 Å². The molecule has 5 nitrogen and oxygen atoms in total. The van der Waals surface area contributed by atoms with Gasteiger partial charge in [0.1, 0.15) is 18.2 Å². The number of aromatic nitrogens is 3. The molecule has 23 heavy (non-hydrogen) atoms. The molecule has 0 aliphatic heterocycles. The Kier molecular flexibility index (Phi) is 4.01. The van der Waals surface area contributed by atoms with Crippen molar-refractivity contribution in [1.82, 2.24) is 14.8 Å². The van der Waals surface area contributed by atoms with Gasteiger partial charge < -0.3 is 15.0 Å². The van der Waals surface area contributed by atoms with E-state index >= 15 is 0 Å². The van der Waals surface area contributed by atoms with Crippen molar-refractivity contribution in [3.05, 3.63) is 41.5 Å². The standard InChI is InChI=1S/C15H17F3N4O/c1-22-13(20-21-14(22)9-5-11(19)6-9)8-23-12-4-2-3-10(7-12)15(16,17)18/h2-4,7,9,11H,5-6,8,19H2,1H3. The maximum absolute atomic E-state index is 12.7. The van der Waals surface area contributed by atoms with Gasteiger partial charge in [-0.05, 0) is 31.0 Å². The van der Waals surface area contributed by atoms with Crippen molar-refractivity contribution in [2.75, 3.05) is 0 Å². The Morgan fingerprint density at radius 3 is 2.70 bits per heavy atom. The van der Waals surface area contributed by atoms with E-state index in [-0.39, 0.29) is 18.4 Å². The van der Waals surface area contributed by atoms with Crippen molar-refractivity contribution < 1.29 is 17.9 Å². The second kappa shape index (κ2) is 5.84. The van der Waals surface area contributed by atoms with Gasteiger partial charge in [-0.1, -0.05) is 6.07 Å². The highest BCUT2D eigenvalue weighted by Crippen LogP contribution is 2.34. The Morgan fingerprint density at radius 1 is 1.30 bits per heavy atom. The molecule has 1 heterocycles. The second-order valence-electron chi connectivity index (χ2n) is 5.78. The third-order valence-corrected chi connectivity index (χ3v) is 4.07. The van der Waals surface area contributed by atoms with Crippen LogP contribution in [-0.4, -0.2) is 20.8 Å². The van der Waals surface area contributed by atoms with Gasteiger partial charge in [0.05, 0.1) is 5.56 Å². The summed E-state index contributed by atoms with van der Waals surface area (Å²) in [6, 6.07) is 4.99. The molecule has 1 aromatic carbocycles. The van der Waals surface area contributed by atoms with E-state index in [2.05, 4.69) is 10.2 Å². The Bertz CT molecular complexity index is 692.